The third kappa shape index (κ3) is 3.62. The molecule has 0 bridgehead atoms. The van der Waals surface area contributed by atoms with Crippen molar-refractivity contribution in [3.8, 4) is 0 Å². The second-order valence-corrected chi connectivity index (χ2v) is 7.35. The second kappa shape index (κ2) is 7.82. The lowest BCUT2D eigenvalue weighted by Crippen LogP contribution is -2.24. The van der Waals surface area contributed by atoms with Gasteiger partial charge in [-0.1, -0.05) is 76.6 Å². The summed E-state index contributed by atoms with van der Waals surface area (Å²) >= 11 is 3.40. The first-order chi connectivity index (χ1) is 13.6. The Bertz CT molecular complexity index is 1040. The molecule has 0 fully saturated rings. The molecule has 0 saturated carbocycles. The molecule has 0 aliphatic carbocycles. The number of nitrogens with one attached hydrogen (secondary N) is 2. The number of halogens is 1. The molecule has 1 atom stereocenters. The van der Waals surface area contributed by atoms with Gasteiger partial charge in [-0.2, -0.15) is 0 Å². The molecular formula is C23H17BrN2O2. The first-order valence-electron chi connectivity index (χ1n) is 8.86. The lowest BCUT2D eigenvalue weighted by atomic mass is 9.93. The fourth-order valence-electron chi connectivity index (χ4n) is 3.23. The number of benzene rings is 3. The van der Waals surface area contributed by atoms with E-state index < -0.39 is 6.04 Å². The van der Waals surface area contributed by atoms with Crippen LogP contribution >= 0.6 is 15.9 Å². The van der Waals surface area contributed by atoms with Gasteiger partial charge >= 0.3 is 0 Å². The van der Waals surface area contributed by atoms with Gasteiger partial charge in [0.15, 0.2) is 5.78 Å². The summed E-state index contributed by atoms with van der Waals surface area (Å²) in [6, 6.07) is 25.5. The highest BCUT2D eigenvalue weighted by Crippen LogP contribution is 2.33. The molecule has 2 N–H and O–H groups in total. The predicted molar refractivity (Wildman–Crippen MR) is 113 cm³/mol. The smallest absolute Gasteiger partial charge is 0.268 e. The first-order valence-corrected chi connectivity index (χ1v) is 9.65. The SMILES string of the molecule is O=C1N[C@H](c2ccccc2)C(C(=O)c2ccccc2)=C1Nc1ccc(Br)cc1. The maximum atomic E-state index is 13.3. The van der Waals surface area contributed by atoms with Crippen molar-refractivity contribution < 1.29 is 9.59 Å². The molecule has 1 aliphatic rings. The molecule has 1 aliphatic heterocycles. The number of Topliss-reactive ketones (excluding diaryl/α,β-unsaturated/α-hetero) is 1. The molecule has 4 nitrogen and oxygen atoms in total. The van der Waals surface area contributed by atoms with Gasteiger partial charge in [0.1, 0.15) is 5.70 Å². The Morgan fingerprint density at radius 2 is 1.46 bits per heavy atom. The van der Waals surface area contributed by atoms with Crippen LogP contribution in [0.4, 0.5) is 5.69 Å². The molecular weight excluding hydrogens is 416 g/mol. The summed E-state index contributed by atoms with van der Waals surface area (Å²) in [4.78, 5) is 26.1. The molecule has 0 unspecified atom stereocenters. The lowest BCUT2D eigenvalue weighted by Gasteiger charge is -2.15. The van der Waals surface area contributed by atoms with E-state index in [1.807, 2.05) is 72.8 Å². The van der Waals surface area contributed by atoms with Gasteiger partial charge < -0.3 is 10.6 Å². The summed E-state index contributed by atoms with van der Waals surface area (Å²) < 4.78 is 0.936. The van der Waals surface area contributed by atoms with E-state index in [2.05, 4.69) is 26.6 Å². The van der Waals surface area contributed by atoms with E-state index >= 15 is 0 Å². The van der Waals surface area contributed by atoms with Crippen LogP contribution in [-0.2, 0) is 4.79 Å². The molecule has 0 radical (unpaired) electrons. The number of carbonyl (C=O) groups is 2. The minimum atomic E-state index is -0.501. The van der Waals surface area contributed by atoms with Crippen LogP contribution in [-0.4, -0.2) is 11.7 Å². The Kier molecular flexibility index (Phi) is 5.08. The van der Waals surface area contributed by atoms with E-state index in [-0.39, 0.29) is 17.4 Å². The number of rotatable bonds is 5. The molecule has 3 aromatic rings. The molecule has 1 heterocycles. The fraction of sp³-hybridized carbons (Fsp3) is 0.0435. The third-order valence-corrected chi connectivity index (χ3v) is 5.12. The highest BCUT2D eigenvalue weighted by Gasteiger charge is 2.37. The van der Waals surface area contributed by atoms with Crippen molar-refractivity contribution in [1.29, 1.82) is 0 Å². The highest BCUT2D eigenvalue weighted by molar-refractivity contribution is 9.10. The van der Waals surface area contributed by atoms with Crippen molar-refractivity contribution >= 4 is 33.3 Å². The Morgan fingerprint density at radius 1 is 0.857 bits per heavy atom. The number of amides is 1. The summed E-state index contributed by atoms with van der Waals surface area (Å²) in [5.41, 5.74) is 2.85. The number of anilines is 1. The quantitative estimate of drug-likeness (QED) is 0.565. The topological polar surface area (TPSA) is 58.2 Å². The minimum absolute atomic E-state index is 0.174. The zero-order valence-electron chi connectivity index (χ0n) is 14.9. The molecule has 3 aromatic carbocycles. The number of hydrogen-bond donors (Lipinski definition) is 2. The van der Waals surface area contributed by atoms with Gasteiger partial charge in [0, 0.05) is 15.7 Å². The number of carbonyl (C=O) groups excluding carboxylic acids is 2. The normalized spacial score (nSPS) is 16.0. The fourth-order valence-corrected chi connectivity index (χ4v) is 3.49. The summed E-state index contributed by atoms with van der Waals surface area (Å²) in [6.45, 7) is 0. The maximum absolute atomic E-state index is 13.3. The molecule has 0 spiro atoms. The van der Waals surface area contributed by atoms with Crippen LogP contribution in [0, 0.1) is 0 Å². The number of hydrogen-bond acceptors (Lipinski definition) is 3. The van der Waals surface area contributed by atoms with E-state index in [1.165, 1.54) is 0 Å². The summed E-state index contributed by atoms with van der Waals surface area (Å²) in [6.07, 6.45) is 0. The van der Waals surface area contributed by atoms with Gasteiger partial charge in [-0.25, -0.2) is 0 Å². The average molecular weight is 433 g/mol. The first kappa shape index (κ1) is 18.2. The van der Waals surface area contributed by atoms with Gasteiger partial charge in [-0.3, -0.25) is 9.59 Å². The largest absolute Gasteiger partial charge is 0.351 e. The van der Waals surface area contributed by atoms with Gasteiger partial charge in [0.05, 0.1) is 11.6 Å². The molecule has 138 valence electrons. The Balaban J connectivity index is 1.81. The van der Waals surface area contributed by atoms with Crippen LogP contribution in [0.1, 0.15) is 22.0 Å². The molecule has 28 heavy (non-hydrogen) atoms. The lowest BCUT2D eigenvalue weighted by molar-refractivity contribution is -0.117. The van der Waals surface area contributed by atoms with E-state index in [4.69, 9.17) is 0 Å². The van der Waals surface area contributed by atoms with Gasteiger partial charge in [-0.05, 0) is 29.8 Å². The standard InChI is InChI=1S/C23H17BrN2O2/c24-17-11-13-18(14-12-17)25-21-19(22(27)16-9-5-2-6-10-16)20(26-23(21)28)15-7-3-1-4-8-15/h1-14,20,25H,(H,26,28)/t20-/m1/s1. The summed E-state index contributed by atoms with van der Waals surface area (Å²) in [7, 11) is 0. The van der Waals surface area contributed by atoms with E-state index in [1.54, 1.807) is 12.1 Å². The van der Waals surface area contributed by atoms with Gasteiger partial charge in [0.2, 0.25) is 0 Å². The second-order valence-electron chi connectivity index (χ2n) is 6.43. The van der Waals surface area contributed by atoms with Crippen molar-refractivity contribution in [2.75, 3.05) is 5.32 Å². The Hall–Kier alpha value is -3.18. The van der Waals surface area contributed by atoms with Crippen molar-refractivity contribution in [3.63, 3.8) is 0 Å². The predicted octanol–water partition coefficient (Wildman–Crippen LogP) is 4.87. The van der Waals surface area contributed by atoms with Crippen LogP contribution in [0.25, 0.3) is 0 Å². The van der Waals surface area contributed by atoms with Crippen LogP contribution in [0.5, 0.6) is 0 Å². The molecule has 1 amide bonds. The van der Waals surface area contributed by atoms with E-state index in [0.29, 0.717) is 11.1 Å². The van der Waals surface area contributed by atoms with Crippen LogP contribution in [0.3, 0.4) is 0 Å². The van der Waals surface area contributed by atoms with Gasteiger partial charge in [-0.15, -0.1) is 0 Å². The Labute approximate surface area is 171 Å². The van der Waals surface area contributed by atoms with Crippen LogP contribution in [0.2, 0.25) is 0 Å². The van der Waals surface area contributed by atoms with Gasteiger partial charge in [0.25, 0.3) is 5.91 Å². The molecule has 5 heteroatoms. The third-order valence-electron chi connectivity index (χ3n) is 4.59. The molecule has 0 saturated heterocycles. The zero-order chi connectivity index (χ0) is 19.5. The van der Waals surface area contributed by atoms with Crippen molar-refractivity contribution in [1.82, 2.24) is 5.32 Å². The summed E-state index contributed by atoms with van der Waals surface area (Å²) in [5, 5.41) is 6.09. The van der Waals surface area contributed by atoms with Crippen molar-refractivity contribution in [2.45, 2.75) is 6.04 Å². The maximum Gasteiger partial charge on any atom is 0.268 e. The Morgan fingerprint density at radius 3 is 2.11 bits per heavy atom. The highest BCUT2D eigenvalue weighted by atomic mass is 79.9. The van der Waals surface area contributed by atoms with Crippen LogP contribution in [0.15, 0.2) is 101 Å². The van der Waals surface area contributed by atoms with Crippen LogP contribution < -0.4 is 10.6 Å². The molecule has 4 rings (SSSR count). The van der Waals surface area contributed by atoms with E-state index in [0.717, 1.165) is 15.7 Å². The average Bonchev–Trinajstić information content (AvgIpc) is 3.06. The van der Waals surface area contributed by atoms with E-state index in [9.17, 15) is 9.59 Å². The molecule has 0 aromatic heterocycles. The minimum Gasteiger partial charge on any atom is -0.351 e. The van der Waals surface area contributed by atoms with Crippen molar-refractivity contribution in [2.24, 2.45) is 0 Å². The summed E-state index contributed by atoms with van der Waals surface area (Å²) in [5.74, 6) is -0.469. The van der Waals surface area contributed by atoms with Crippen molar-refractivity contribution in [3.05, 3.63) is 112 Å². The monoisotopic (exact) mass is 432 g/mol. The number of ketones is 1. The zero-order valence-corrected chi connectivity index (χ0v) is 16.4.